The minimum absolute atomic E-state index is 0.167. The minimum Gasteiger partial charge on any atom is -0.494 e. The second kappa shape index (κ2) is 7.56. The number of rotatable bonds is 2. The smallest absolute Gasteiger partial charge is 0.126 e. The molecule has 0 aliphatic heterocycles. The summed E-state index contributed by atoms with van der Waals surface area (Å²) >= 11 is 3.35. The first-order valence-electron chi connectivity index (χ1n) is 4.41. The van der Waals surface area contributed by atoms with Gasteiger partial charge in [0.15, 0.2) is 0 Å². The van der Waals surface area contributed by atoms with Gasteiger partial charge in [-0.2, -0.15) is 0 Å². The lowest BCUT2D eigenvalue weighted by molar-refractivity contribution is -0.114. The fraction of sp³-hybridized carbons (Fsp3) is 0.364. The molecule has 0 bridgehead atoms. The molecule has 0 aliphatic rings. The number of ketones is 1. The van der Waals surface area contributed by atoms with Gasteiger partial charge in [0.2, 0.25) is 0 Å². The highest BCUT2D eigenvalue weighted by atomic mass is 79.9. The van der Waals surface area contributed by atoms with Gasteiger partial charge in [-0.05, 0) is 39.0 Å². The van der Waals surface area contributed by atoms with Crippen LogP contribution in [-0.4, -0.2) is 12.4 Å². The number of ether oxygens (including phenoxy) is 1. The summed E-state index contributed by atoms with van der Waals surface area (Å²) in [6.45, 7) is 5.75. The molecular weight excluding hydrogens is 244 g/mol. The fourth-order valence-electron chi connectivity index (χ4n) is 0.723. The van der Waals surface area contributed by atoms with Gasteiger partial charge in [-0.3, -0.25) is 0 Å². The Hall–Kier alpha value is -0.830. The van der Waals surface area contributed by atoms with E-state index in [4.69, 9.17) is 4.74 Å². The number of benzene rings is 1. The van der Waals surface area contributed by atoms with Crippen molar-refractivity contribution in [1.29, 1.82) is 0 Å². The van der Waals surface area contributed by atoms with Crippen LogP contribution in [0.5, 0.6) is 5.75 Å². The molecule has 3 heteroatoms. The molecule has 2 nitrogen and oxygen atoms in total. The monoisotopic (exact) mass is 258 g/mol. The molecule has 14 heavy (non-hydrogen) atoms. The van der Waals surface area contributed by atoms with E-state index in [2.05, 4.69) is 15.9 Å². The maximum Gasteiger partial charge on any atom is 0.126 e. The molecule has 78 valence electrons. The summed E-state index contributed by atoms with van der Waals surface area (Å²) in [7, 11) is 0. The Morgan fingerprint density at radius 3 is 2.43 bits per heavy atom. The molecular formula is C11H15BrO2. The number of halogens is 1. The van der Waals surface area contributed by atoms with Gasteiger partial charge in [-0.1, -0.05) is 22.0 Å². The van der Waals surface area contributed by atoms with E-state index in [1.54, 1.807) is 0 Å². The Morgan fingerprint density at radius 2 is 2.00 bits per heavy atom. The van der Waals surface area contributed by atoms with Crippen molar-refractivity contribution in [2.45, 2.75) is 20.8 Å². The maximum absolute atomic E-state index is 9.44. The third kappa shape index (κ3) is 7.80. The normalized spacial score (nSPS) is 8.57. The second-order valence-electron chi connectivity index (χ2n) is 2.80. The van der Waals surface area contributed by atoms with Crippen LogP contribution in [0.15, 0.2) is 28.7 Å². The van der Waals surface area contributed by atoms with Crippen molar-refractivity contribution in [3.63, 3.8) is 0 Å². The number of hydrogen-bond donors (Lipinski definition) is 0. The fourth-order valence-corrected chi connectivity index (χ4v) is 1.10. The minimum atomic E-state index is 0.167. The number of hydrogen-bond acceptors (Lipinski definition) is 2. The summed E-state index contributed by atoms with van der Waals surface area (Å²) in [5.74, 6) is 1.08. The van der Waals surface area contributed by atoms with Crippen molar-refractivity contribution in [2.24, 2.45) is 0 Å². The Labute approximate surface area is 93.4 Å². The van der Waals surface area contributed by atoms with Gasteiger partial charge in [0.05, 0.1) is 6.61 Å². The molecule has 0 aromatic heterocycles. The molecule has 0 radical (unpaired) electrons. The van der Waals surface area contributed by atoms with Crippen molar-refractivity contribution in [2.75, 3.05) is 6.61 Å². The Balaban J connectivity index is 0.000000364. The Morgan fingerprint density at radius 1 is 1.43 bits per heavy atom. The molecule has 0 amide bonds. The van der Waals surface area contributed by atoms with Crippen molar-refractivity contribution < 1.29 is 9.53 Å². The van der Waals surface area contributed by atoms with E-state index in [0.29, 0.717) is 0 Å². The van der Waals surface area contributed by atoms with Crippen molar-refractivity contribution in [1.82, 2.24) is 0 Å². The van der Waals surface area contributed by atoms with Crippen LogP contribution in [0.25, 0.3) is 0 Å². The van der Waals surface area contributed by atoms with Gasteiger partial charge in [0.1, 0.15) is 11.5 Å². The quantitative estimate of drug-likeness (QED) is 0.813. The topological polar surface area (TPSA) is 26.3 Å². The zero-order chi connectivity index (χ0) is 11.0. The molecule has 1 aromatic rings. The largest absolute Gasteiger partial charge is 0.494 e. The van der Waals surface area contributed by atoms with Gasteiger partial charge in [0.25, 0.3) is 0 Å². The van der Waals surface area contributed by atoms with Crippen molar-refractivity contribution >= 4 is 21.7 Å². The molecule has 0 spiro atoms. The van der Waals surface area contributed by atoms with Crippen LogP contribution in [0.3, 0.4) is 0 Å². The first-order valence-corrected chi connectivity index (χ1v) is 5.21. The van der Waals surface area contributed by atoms with E-state index >= 15 is 0 Å². The zero-order valence-corrected chi connectivity index (χ0v) is 10.3. The van der Waals surface area contributed by atoms with E-state index < -0.39 is 0 Å². The maximum atomic E-state index is 9.44. The SMILES string of the molecule is CC(C)=O.CCOc1cccc(Br)c1. The lowest BCUT2D eigenvalue weighted by atomic mass is 10.3. The molecule has 0 unspecified atom stereocenters. The molecule has 0 saturated heterocycles. The summed E-state index contributed by atoms with van der Waals surface area (Å²) in [6.07, 6.45) is 0. The molecule has 0 N–H and O–H groups in total. The molecule has 0 atom stereocenters. The summed E-state index contributed by atoms with van der Waals surface area (Å²) in [6, 6.07) is 7.81. The summed E-state index contributed by atoms with van der Waals surface area (Å²) in [5.41, 5.74) is 0. The summed E-state index contributed by atoms with van der Waals surface area (Å²) in [5, 5.41) is 0. The second-order valence-corrected chi connectivity index (χ2v) is 3.71. The van der Waals surface area contributed by atoms with Gasteiger partial charge < -0.3 is 9.53 Å². The lowest BCUT2D eigenvalue weighted by Crippen LogP contribution is -1.89. The predicted molar refractivity (Wildman–Crippen MR) is 61.7 cm³/mol. The molecule has 1 rings (SSSR count). The van der Waals surface area contributed by atoms with Crippen molar-refractivity contribution in [3.05, 3.63) is 28.7 Å². The van der Waals surface area contributed by atoms with Crippen LogP contribution in [-0.2, 0) is 4.79 Å². The summed E-state index contributed by atoms with van der Waals surface area (Å²) < 4.78 is 6.31. The highest BCUT2D eigenvalue weighted by Gasteiger charge is 1.90. The number of carbonyl (C=O) groups excluding carboxylic acids is 1. The van der Waals surface area contributed by atoms with Crippen LogP contribution in [0.4, 0.5) is 0 Å². The van der Waals surface area contributed by atoms with Gasteiger partial charge in [-0.25, -0.2) is 0 Å². The van der Waals surface area contributed by atoms with Gasteiger partial charge in [-0.15, -0.1) is 0 Å². The van der Waals surface area contributed by atoms with E-state index in [1.165, 1.54) is 13.8 Å². The van der Waals surface area contributed by atoms with Crippen LogP contribution in [0.2, 0.25) is 0 Å². The third-order valence-corrected chi connectivity index (χ3v) is 1.60. The number of carbonyl (C=O) groups is 1. The molecule has 0 saturated carbocycles. The average Bonchev–Trinajstić information content (AvgIpc) is 2.03. The van der Waals surface area contributed by atoms with Gasteiger partial charge >= 0.3 is 0 Å². The van der Waals surface area contributed by atoms with E-state index in [0.717, 1.165) is 16.8 Å². The molecule has 0 fully saturated rings. The zero-order valence-electron chi connectivity index (χ0n) is 8.71. The van der Waals surface area contributed by atoms with Crippen molar-refractivity contribution in [3.8, 4) is 5.75 Å². The standard InChI is InChI=1S/C8H9BrO.C3H6O/c1-2-10-8-5-3-4-7(9)6-8;1-3(2)4/h3-6H,2H2,1H3;1-2H3. The summed E-state index contributed by atoms with van der Waals surface area (Å²) in [4.78, 5) is 9.44. The average molecular weight is 259 g/mol. The number of Topliss-reactive ketones (excluding diaryl/α,β-unsaturated/α-hetero) is 1. The van der Waals surface area contributed by atoms with Gasteiger partial charge in [0, 0.05) is 4.47 Å². The first kappa shape index (κ1) is 13.2. The van der Waals surface area contributed by atoms with E-state index in [-0.39, 0.29) is 5.78 Å². The molecule has 0 heterocycles. The van der Waals surface area contributed by atoms with Crippen LogP contribution in [0.1, 0.15) is 20.8 Å². The Bertz CT molecular complexity index is 280. The van der Waals surface area contributed by atoms with Crippen LogP contribution < -0.4 is 4.74 Å². The third-order valence-electron chi connectivity index (χ3n) is 1.11. The predicted octanol–water partition coefficient (Wildman–Crippen LogP) is 3.44. The van der Waals surface area contributed by atoms with Crippen LogP contribution in [0, 0.1) is 0 Å². The van der Waals surface area contributed by atoms with E-state index in [1.807, 2.05) is 31.2 Å². The van der Waals surface area contributed by atoms with E-state index in [9.17, 15) is 4.79 Å². The highest BCUT2D eigenvalue weighted by molar-refractivity contribution is 9.10. The molecule has 0 aliphatic carbocycles. The first-order chi connectivity index (χ1) is 6.56. The molecule has 1 aromatic carbocycles. The van der Waals surface area contributed by atoms with Crippen LogP contribution >= 0.6 is 15.9 Å². The highest BCUT2D eigenvalue weighted by Crippen LogP contribution is 2.17. The lowest BCUT2D eigenvalue weighted by Gasteiger charge is -2.01. The Kier molecular flexibility index (Phi) is 7.11.